The summed E-state index contributed by atoms with van der Waals surface area (Å²) in [6.45, 7) is 1.07. The van der Waals surface area contributed by atoms with Crippen molar-refractivity contribution in [2.75, 3.05) is 13.1 Å². The summed E-state index contributed by atoms with van der Waals surface area (Å²) >= 11 is 0. The van der Waals surface area contributed by atoms with E-state index in [0.29, 0.717) is 13.0 Å². The summed E-state index contributed by atoms with van der Waals surface area (Å²) in [7, 11) is 0. The first-order valence-corrected chi connectivity index (χ1v) is 5.41. The minimum absolute atomic E-state index is 0. The Morgan fingerprint density at radius 1 is 1.47 bits per heavy atom. The molecule has 88 valence electrons. The third-order valence-electron chi connectivity index (χ3n) is 2.94. The van der Waals surface area contributed by atoms with Crippen LogP contribution in [0.25, 0.3) is 0 Å². The number of carbonyl (C=O) groups is 1. The Morgan fingerprint density at radius 3 is 2.73 bits per heavy atom. The fourth-order valence-corrected chi connectivity index (χ4v) is 1.82. The van der Waals surface area contributed by atoms with Crippen molar-refractivity contribution >= 4 is 18.3 Å². The average Bonchev–Trinajstić information content (AvgIpc) is 2.87. The van der Waals surface area contributed by atoms with Gasteiger partial charge >= 0.3 is 0 Å². The van der Waals surface area contributed by atoms with Crippen molar-refractivity contribution in [1.29, 1.82) is 0 Å². The molecule has 0 spiro atoms. The summed E-state index contributed by atoms with van der Waals surface area (Å²) in [6.07, 6.45) is 3.18. The fraction of sp³-hybridized carbons (Fsp3) is 0.900. The molecule has 2 atom stereocenters. The molecule has 0 bridgehead atoms. The maximum absolute atomic E-state index is 12.8. The molecule has 1 amide bonds. The van der Waals surface area contributed by atoms with E-state index in [2.05, 4.69) is 10.6 Å². The van der Waals surface area contributed by atoms with Gasteiger partial charge in [0.2, 0.25) is 5.91 Å². The molecule has 15 heavy (non-hydrogen) atoms. The van der Waals surface area contributed by atoms with Crippen LogP contribution in [0.4, 0.5) is 4.39 Å². The summed E-state index contributed by atoms with van der Waals surface area (Å²) in [5.74, 6) is 0.798. The molecule has 2 fully saturated rings. The molecule has 0 unspecified atom stereocenters. The van der Waals surface area contributed by atoms with E-state index in [-0.39, 0.29) is 24.4 Å². The van der Waals surface area contributed by atoms with Crippen LogP contribution in [-0.4, -0.2) is 31.2 Å². The monoisotopic (exact) mass is 236 g/mol. The van der Waals surface area contributed by atoms with Crippen LogP contribution in [0.3, 0.4) is 0 Å². The highest BCUT2D eigenvalue weighted by Crippen LogP contribution is 2.31. The molecule has 2 aliphatic rings. The van der Waals surface area contributed by atoms with Gasteiger partial charge in [-0.05, 0) is 12.3 Å². The lowest BCUT2D eigenvalue weighted by atomic mass is 10.2. The van der Waals surface area contributed by atoms with Crippen molar-refractivity contribution in [3.05, 3.63) is 0 Å². The largest absolute Gasteiger partial charge is 0.355 e. The SMILES string of the molecule is Cl.O=C(NCCC1CC1)[C@H]1C[C@H](F)CN1. The molecular weight excluding hydrogens is 219 g/mol. The number of nitrogens with one attached hydrogen (secondary N) is 2. The minimum Gasteiger partial charge on any atom is -0.355 e. The van der Waals surface area contributed by atoms with Crippen LogP contribution in [0.15, 0.2) is 0 Å². The molecule has 1 saturated carbocycles. The molecule has 1 saturated heterocycles. The lowest BCUT2D eigenvalue weighted by Crippen LogP contribution is -2.40. The van der Waals surface area contributed by atoms with E-state index in [9.17, 15) is 9.18 Å². The molecule has 0 aromatic carbocycles. The van der Waals surface area contributed by atoms with Crippen LogP contribution in [0.5, 0.6) is 0 Å². The maximum atomic E-state index is 12.8. The third kappa shape index (κ3) is 3.95. The van der Waals surface area contributed by atoms with Crippen molar-refractivity contribution in [3.8, 4) is 0 Å². The van der Waals surface area contributed by atoms with Crippen molar-refractivity contribution in [2.24, 2.45) is 5.92 Å². The van der Waals surface area contributed by atoms with Gasteiger partial charge in [0.05, 0.1) is 6.04 Å². The van der Waals surface area contributed by atoms with Crippen LogP contribution in [0.1, 0.15) is 25.7 Å². The van der Waals surface area contributed by atoms with Crippen molar-refractivity contribution < 1.29 is 9.18 Å². The number of hydrogen-bond acceptors (Lipinski definition) is 2. The van der Waals surface area contributed by atoms with E-state index < -0.39 is 6.17 Å². The van der Waals surface area contributed by atoms with Gasteiger partial charge in [-0.3, -0.25) is 4.79 Å². The van der Waals surface area contributed by atoms with Gasteiger partial charge in [-0.1, -0.05) is 12.8 Å². The van der Waals surface area contributed by atoms with Gasteiger partial charge in [0.1, 0.15) is 6.17 Å². The molecule has 0 radical (unpaired) electrons. The van der Waals surface area contributed by atoms with Crippen LogP contribution >= 0.6 is 12.4 Å². The lowest BCUT2D eigenvalue weighted by Gasteiger charge is -2.10. The second kappa shape index (κ2) is 5.66. The van der Waals surface area contributed by atoms with Gasteiger partial charge < -0.3 is 10.6 Å². The molecule has 1 heterocycles. The molecule has 2 rings (SSSR count). The van der Waals surface area contributed by atoms with Crippen molar-refractivity contribution in [1.82, 2.24) is 10.6 Å². The standard InChI is InChI=1S/C10H17FN2O.ClH/c11-8-5-9(13-6-8)10(14)12-4-3-7-1-2-7;/h7-9,13H,1-6H2,(H,12,14);1H/t8-,9+;/m0./s1. The van der Waals surface area contributed by atoms with Gasteiger partial charge in [-0.25, -0.2) is 4.39 Å². The zero-order chi connectivity index (χ0) is 9.97. The Morgan fingerprint density at radius 2 is 2.20 bits per heavy atom. The average molecular weight is 237 g/mol. The Labute approximate surface area is 95.6 Å². The van der Waals surface area contributed by atoms with E-state index in [1.165, 1.54) is 12.8 Å². The third-order valence-corrected chi connectivity index (χ3v) is 2.94. The quantitative estimate of drug-likeness (QED) is 0.766. The zero-order valence-electron chi connectivity index (χ0n) is 8.67. The summed E-state index contributed by atoms with van der Waals surface area (Å²) in [5.41, 5.74) is 0. The highest BCUT2D eigenvalue weighted by Gasteiger charge is 2.29. The zero-order valence-corrected chi connectivity index (χ0v) is 9.49. The van der Waals surface area contributed by atoms with Gasteiger partial charge in [0.15, 0.2) is 0 Å². The predicted octanol–water partition coefficient (Wildman–Crippen LogP) is 1.02. The lowest BCUT2D eigenvalue weighted by molar-refractivity contribution is -0.122. The predicted molar refractivity (Wildman–Crippen MR) is 58.9 cm³/mol. The summed E-state index contributed by atoms with van der Waals surface area (Å²) in [5, 5.41) is 5.72. The van der Waals surface area contributed by atoms with E-state index in [1.807, 2.05) is 0 Å². The molecule has 0 aromatic rings. The van der Waals surface area contributed by atoms with Crippen LogP contribution in [0, 0.1) is 5.92 Å². The van der Waals surface area contributed by atoms with Crippen LogP contribution in [0.2, 0.25) is 0 Å². The first-order chi connectivity index (χ1) is 6.75. The van der Waals surface area contributed by atoms with Gasteiger partial charge in [-0.15, -0.1) is 12.4 Å². The Kier molecular flexibility index (Phi) is 4.80. The molecule has 2 N–H and O–H groups in total. The topological polar surface area (TPSA) is 41.1 Å². The molecule has 3 nitrogen and oxygen atoms in total. The first-order valence-electron chi connectivity index (χ1n) is 5.41. The van der Waals surface area contributed by atoms with Gasteiger partial charge in [-0.2, -0.15) is 0 Å². The molecule has 5 heteroatoms. The Bertz CT molecular complexity index is 223. The van der Waals surface area contributed by atoms with E-state index in [1.54, 1.807) is 0 Å². The highest BCUT2D eigenvalue weighted by atomic mass is 35.5. The number of carbonyl (C=O) groups excluding carboxylic acids is 1. The van der Waals surface area contributed by atoms with Gasteiger partial charge in [0.25, 0.3) is 0 Å². The summed E-state index contributed by atoms with van der Waals surface area (Å²) < 4.78 is 12.8. The highest BCUT2D eigenvalue weighted by molar-refractivity contribution is 5.85. The second-order valence-electron chi connectivity index (χ2n) is 4.32. The molecule has 1 aliphatic carbocycles. The molecule has 0 aromatic heterocycles. The molecule has 1 aliphatic heterocycles. The number of rotatable bonds is 4. The summed E-state index contributed by atoms with van der Waals surface area (Å²) in [6, 6.07) is -0.302. The Balaban J connectivity index is 0.00000112. The van der Waals surface area contributed by atoms with E-state index in [0.717, 1.165) is 18.9 Å². The smallest absolute Gasteiger partial charge is 0.237 e. The fourth-order valence-electron chi connectivity index (χ4n) is 1.82. The Hall–Kier alpha value is -0.350. The normalized spacial score (nSPS) is 29.7. The number of alkyl halides is 1. The van der Waals surface area contributed by atoms with Crippen molar-refractivity contribution in [3.63, 3.8) is 0 Å². The second-order valence-corrected chi connectivity index (χ2v) is 4.32. The van der Waals surface area contributed by atoms with Gasteiger partial charge in [0, 0.05) is 19.5 Å². The summed E-state index contributed by atoms with van der Waals surface area (Å²) in [4.78, 5) is 11.5. The van der Waals surface area contributed by atoms with E-state index in [4.69, 9.17) is 0 Å². The number of halogens is 2. The maximum Gasteiger partial charge on any atom is 0.237 e. The number of amides is 1. The van der Waals surface area contributed by atoms with Crippen LogP contribution in [-0.2, 0) is 4.79 Å². The van der Waals surface area contributed by atoms with Crippen LogP contribution < -0.4 is 10.6 Å². The van der Waals surface area contributed by atoms with E-state index >= 15 is 0 Å². The minimum atomic E-state index is -0.853. The van der Waals surface area contributed by atoms with Crippen molar-refractivity contribution in [2.45, 2.75) is 37.9 Å². The molecular formula is C10H18ClFN2O. The first kappa shape index (κ1) is 12.7. The number of hydrogen-bond donors (Lipinski definition) is 2.